The van der Waals surface area contributed by atoms with Crippen molar-refractivity contribution in [3.8, 4) is 0 Å². The monoisotopic (exact) mass is 277 g/mol. The zero-order valence-corrected chi connectivity index (χ0v) is 10.3. The van der Waals surface area contributed by atoms with Crippen molar-refractivity contribution in [3.05, 3.63) is 33.5 Å². The van der Waals surface area contributed by atoms with E-state index in [-0.39, 0.29) is 11.1 Å². The van der Waals surface area contributed by atoms with Crippen LogP contribution in [0.25, 0.3) is 21.6 Å². The zero-order chi connectivity index (χ0) is 14.2. The molecule has 0 saturated carbocycles. The van der Waals surface area contributed by atoms with Gasteiger partial charge in [-0.05, 0) is 18.4 Å². The van der Waals surface area contributed by atoms with Gasteiger partial charge in [0.05, 0.1) is 19.3 Å². The van der Waals surface area contributed by atoms with Gasteiger partial charge in [0.2, 0.25) is 0 Å². The van der Waals surface area contributed by atoms with Crippen LogP contribution in [0.5, 0.6) is 0 Å². The third kappa shape index (κ3) is 1.83. The molecule has 0 amide bonds. The van der Waals surface area contributed by atoms with Gasteiger partial charge in [0.1, 0.15) is 6.23 Å². The quantitative estimate of drug-likeness (QED) is 0.475. The van der Waals surface area contributed by atoms with Crippen LogP contribution < -0.4 is 5.56 Å². The maximum Gasteiger partial charge on any atom is 0.278 e. The highest BCUT2D eigenvalue weighted by atomic mass is 16.6. The first-order valence-electron chi connectivity index (χ1n) is 5.94. The topological polar surface area (TPSA) is 142 Å². The van der Waals surface area contributed by atoms with Crippen molar-refractivity contribution in [2.24, 2.45) is 5.11 Å². The Labute approximate surface area is 111 Å². The number of azide groups is 1. The largest absolute Gasteiger partial charge is 0.393 e. The molecule has 0 aromatic carbocycles. The number of aromatic amines is 1. The van der Waals surface area contributed by atoms with Crippen LogP contribution in [0.1, 0.15) is 19.1 Å². The highest BCUT2D eigenvalue weighted by Crippen LogP contribution is 2.38. The Morgan fingerprint density at radius 2 is 2.55 bits per heavy atom. The van der Waals surface area contributed by atoms with Gasteiger partial charge in [-0.2, -0.15) is 0 Å². The van der Waals surface area contributed by atoms with Crippen molar-refractivity contribution in [1.82, 2.24) is 19.5 Å². The Morgan fingerprint density at radius 1 is 1.70 bits per heavy atom. The van der Waals surface area contributed by atoms with E-state index < -0.39 is 18.6 Å². The van der Waals surface area contributed by atoms with Gasteiger partial charge in [0.15, 0.2) is 16.9 Å². The fourth-order valence-electron chi connectivity index (χ4n) is 2.29. The number of nitrogens with zero attached hydrogens (tertiary/aromatic N) is 6. The molecule has 0 radical (unpaired) electrons. The van der Waals surface area contributed by atoms with Crippen LogP contribution in [0.2, 0.25) is 0 Å². The Balaban J connectivity index is 2.00. The number of ether oxygens (including phenoxy) is 1. The predicted octanol–water partition coefficient (Wildman–Crippen LogP) is 0.428. The molecular formula is C10H11N7O3. The molecule has 1 aliphatic heterocycles. The minimum Gasteiger partial charge on any atom is -0.393 e. The molecule has 0 spiro atoms. The summed E-state index contributed by atoms with van der Waals surface area (Å²) >= 11 is 0. The summed E-state index contributed by atoms with van der Waals surface area (Å²) in [5.41, 5.74) is 7.53. The lowest BCUT2D eigenvalue weighted by Gasteiger charge is -2.21. The number of aliphatic hydroxyl groups excluding tert-OH is 1. The van der Waals surface area contributed by atoms with Crippen LogP contribution in [0.3, 0.4) is 0 Å². The zero-order valence-electron chi connectivity index (χ0n) is 10.3. The van der Waals surface area contributed by atoms with Gasteiger partial charge in [-0.3, -0.25) is 9.36 Å². The van der Waals surface area contributed by atoms with E-state index in [2.05, 4.69) is 25.0 Å². The average molecular weight is 277 g/mol. The van der Waals surface area contributed by atoms with E-state index >= 15 is 0 Å². The first-order chi connectivity index (χ1) is 9.69. The number of fused-ring (bicyclic) bond motifs is 1. The van der Waals surface area contributed by atoms with E-state index in [9.17, 15) is 9.90 Å². The summed E-state index contributed by atoms with van der Waals surface area (Å²) in [5, 5.41) is 12.9. The molecule has 10 heteroatoms. The van der Waals surface area contributed by atoms with Crippen LogP contribution in [0, 0.1) is 0 Å². The highest BCUT2D eigenvalue weighted by molar-refractivity contribution is 5.68. The third-order valence-electron chi connectivity index (χ3n) is 3.29. The number of H-pyrrole nitrogens is 1. The second kappa shape index (κ2) is 4.60. The number of aromatic nitrogens is 4. The Kier molecular flexibility index (Phi) is 2.90. The van der Waals surface area contributed by atoms with E-state index in [4.69, 9.17) is 10.3 Å². The van der Waals surface area contributed by atoms with Gasteiger partial charge in [-0.15, -0.1) is 0 Å². The summed E-state index contributed by atoms with van der Waals surface area (Å²) in [4.78, 5) is 24.8. The number of rotatable bonds is 3. The second-order valence-corrected chi connectivity index (χ2v) is 4.46. The predicted molar refractivity (Wildman–Crippen MR) is 66.5 cm³/mol. The molecule has 3 heterocycles. The molecule has 104 valence electrons. The van der Waals surface area contributed by atoms with Crippen molar-refractivity contribution in [3.63, 3.8) is 0 Å². The summed E-state index contributed by atoms with van der Waals surface area (Å²) in [6.07, 6.45) is 3.12. The van der Waals surface area contributed by atoms with Gasteiger partial charge in [-0.25, -0.2) is 9.97 Å². The number of aliphatic hydroxyl groups is 1. The van der Waals surface area contributed by atoms with Crippen LogP contribution >= 0.6 is 0 Å². The minimum atomic E-state index is -1.27. The van der Waals surface area contributed by atoms with E-state index in [1.54, 1.807) is 4.57 Å². The first kappa shape index (κ1) is 12.6. The fraction of sp³-hybridized carbons (Fsp3) is 0.500. The van der Waals surface area contributed by atoms with Crippen LogP contribution in [0.15, 0.2) is 22.6 Å². The molecule has 10 nitrogen and oxygen atoms in total. The van der Waals surface area contributed by atoms with Gasteiger partial charge in [-0.1, -0.05) is 5.11 Å². The summed E-state index contributed by atoms with van der Waals surface area (Å²) in [7, 11) is 0. The van der Waals surface area contributed by atoms with E-state index in [0.717, 1.165) is 0 Å². The van der Waals surface area contributed by atoms with Gasteiger partial charge < -0.3 is 14.8 Å². The smallest absolute Gasteiger partial charge is 0.278 e. The van der Waals surface area contributed by atoms with Crippen molar-refractivity contribution < 1.29 is 9.84 Å². The Bertz CT molecular complexity index is 747. The molecule has 0 unspecified atom stereocenters. The normalized spacial score (nSPS) is 25.8. The van der Waals surface area contributed by atoms with Crippen LogP contribution in [-0.4, -0.2) is 37.0 Å². The molecule has 3 rings (SSSR count). The molecular weight excluding hydrogens is 266 g/mol. The summed E-state index contributed by atoms with van der Waals surface area (Å²) < 4.78 is 7.22. The lowest BCUT2D eigenvalue weighted by atomic mass is 10.1. The summed E-state index contributed by atoms with van der Waals surface area (Å²) in [5.74, 6) is 0. The molecule has 0 bridgehead atoms. The van der Waals surface area contributed by atoms with E-state index in [1.807, 2.05) is 0 Å². The third-order valence-corrected chi connectivity index (χ3v) is 3.29. The summed E-state index contributed by atoms with van der Waals surface area (Å²) in [6, 6.07) is 0. The summed E-state index contributed by atoms with van der Waals surface area (Å²) in [6.45, 7) is -0.409. The Hall–Kier alpha value is -2.42. The molecule has 2 aromatic heterocycles. The van der Waals surface area contributed by atoms with Gasteiger partial charge >= 0.3 is 0 Å². The Morgan fingerprint density at radius 3 is 3.30 bits per heavy atom. The molecule has 1 fully saturated rings. The van der Waals surface area contributed by atoms with Crippen molar-refractivity contribution >= 4 is 11.2 Å². The minimum absolute atomic E-state index is 0.210. The molecule has 2 atom stereocenters. The number of hydrogen-bond donors (Lipinski definition) is 2. The lowest BCUT2D eigenvalue weighted by molar-refractivity contribution is -0.0925. The van der Waals surface area contributed by atoms with E-state index in [1.165, 1.54) is 12.7 Å². The van der Waals surface area contributed by atoms with Crippen LogP contribution in [-0.2, 0) is 4.74 Å². The SMILES string of the molecule is [N-]=[N+]=N[C@@]1(CO)CC[C@H](n2cnc3c(=O)[nH]cnc32)O1. The fourth-order valence-corrected chi connectivity index (χ4v) is 2.29. The highest BCUT2D eigenvalue weighted by Gasteiger charge is 2.40. The first-order valence-corrected chi connectivity index (χ1v) is 5.94. The van der Waals surface area contributed by atoms with Crippen molar-refractivity contribution in [2.45, 2.75) is 24.8 Å². The second-order valence-electron chi connectivity index (χ2n) is 4.46. The standard InChI is InChI=1S/C10H11N7O3/c11-16-15-10(3-18)2-1-6(20-10)17-5-14-7-8(17)12-4-13-9(7)19/h4-6,18H,1-3H2,(H,12,13,19)/t6-,10+/m1/s1. The molecule has 1 aliphatic rings. The van der Waals surface area contributed by atoms with Crippen LogP contribution in [0.4, 0.5) is 0 Å². The van der Waals surface area contributed by atoms with Gasteiger partial charge in [0.25, 0.3) is 5.56 Å². The maximum atomic E-state index is 11.6. The average Bonchev–Trinajstić information content (AvgIpc) is 3.04. The van der Waals surface area contributed by atoms with E-state index in [0.29, 0.717) is 18.5 Å². The molecule has 2 aromatic rings. The molecule has 20 heavy (non-hydrogen) atoms. The number of nitrogens with one attached hydrogen (secondary N) is 1. The molecule has 0 aliphatic carbocycles. The maximum absolute atomic E-state index is 11.6. The number of imidazole rings is 1. The van der Waals surface area contributed by atoms with Crippen molar-refractivity contribution in [1.29, 1.82) is 0 Å². The number of hydrogen-bond acceptors (Lipinski definition) is 6. The van der Waals surface area contributed by atoms with Gasteiger partial charge in [0, 0.05) is 4.91 Å². The molecule has 1 saturated heterocycles. The molecule has 2 N–H and O–H groups in total. The van der Waals surface area contributed by atoms with Crippen molar-refractivity contribution in [2.75, 3.05) is 6.61 Å². The lowest BCUT2D eigenvalue weighted by Crippen LogP contribution is -2.30.